The Morgan fingerprint density at radius 1 is 0.957 bits per heavy atom. The van der Waals surface area contributed by atoms with Crippen LogP contribution in [-0.4, -0.2) is 30.5 Å². The van der Waals surface area contributed by atoms with Gasteiger partial charge in [0.1, 0.15) is 5.75 Å². The summed E-state index contributed by atoms with van der Waals surface area (Å²) in [7, 11) is 0. The Hall–Kier alpha value is -2.03. The summed E-state index contributed by atoms with van der Waals surface area (Å²) in [6.45, 7) is 6.07. The second-order valence-electron chi connectivity index (χ2n) is 5.89. The number of carbonyl (C=O) groups excluding carboxylic acids is 1. The van der Waals surface area contributed by atoms with Crippen molar-refractivity contribution in [3.8, 4) is 5.75 Å². The lowest BCUT2D eigenvalue weighted by atomic mass is 10.1. The molecule has 0 aliphatic carbocycles. The fraction of sp³-hybridized carbons (Fsp3) is 0.450. The first-order valence-electron chi connectivity index (χ1n) is 8.64. The maximum absolute atomic E-state index is 12.4. The molecule has 0 aliphatic rings. The lowest BCUT2D eigenvalue weighted by molar-refractivity contribution is -0.133. The van der Waals surface area contributed by atoms with Crippen LogP contribution in [0.5, 0.6) is 5.75 Å². The highest BCUT2D eigenvalue weighted by Gasteiger charge is 2.13. The van der Waals surface area contributed by atoms with Crippen molar-refractivity contribution in [2.45, 2.75) is 39.5 Å². The molecule has 0 fully saturated rings. The third-order valence-corrected chi connectivity index (χ3v) is 4.00. The normalized spacial score (nSPS) is 10.7. The highest BCUT2D eigenvalue weighted by molar-refractivity contribution is 5.84. The lowest BCUT2D eigenvalue weighted by Crippen LogP contribution is -2.36. The minimum atomic E-state index is 0.0834. The van der Waals surface area contributed by atoms with Crippen molar-refractivity contribution in [3.63, 3.8) is 0 Å². The predicted octanol–water partition coefficient (Wildman–Crippen LogP) is 4.65. The van der Waals surface area contributed by atoms with Gasteiger partial charge in [0.05, 0.1) is 0 Å². The average Bonchev–Trinajstić information content (AvgIpc) is 2.59. The van der Waals surface area contributed by atoms with Crippen LogP contribution in [-0.2, 0) is 4.79 Å². The number of fused-ring (bicyclic) bond motifs is 1. The molecule has 0 aromatic heterocycles. The SMILES string of the molecule is CCCCN(CCCC)C(=O)COc1ccc2ccccc2c1. The zero-order chi connectivity index (χ0) is 16.5. The number of amides is 1. The van der Waals surface area contributed by atoms with E-state index < -0.39 is 0 Å². The van der Waals surface area contributed by atoms with E-state index in [2.05, 4.69) is 26.0 Å². The molecule has 0 aliphatic heterocycles. The van der Waals surface area contributed by atoms with E-state index in [1.165, 1.54) is 5.39 Å². The van der Waals surface area contributed by atoms with Crippen LogP contribution in [0.15, 0.2) is 42.5 Å². The number of hydrogen-bond acceptors (Lipinski definition) is 2. The molecular weight excluding hydrogens is 286 g/mol. The van der Waals surface area contributed by atoms with E-state index in [1.807, 2.05) is 35.2 Å². The third kappa shape index (κ3) is 5.27. The summed E-state index contributed by atoms with van der Waals surface area (Å²) in [6.07, 6.45) is 4.29. The van der Waals surface area contributed by atoms with Gasteiger partial charge >= 0.3 is 0 Å². The molecule has 2 aromatic rings. The molecule has 0 spiro atoms. The van der Waals surface area contributed by atoms with Gasteiger partial charge in [-0.3, -0.25) is 4.79 Å². The Labute approximate surface area is 139 Å². The zero-order valence-corrected chi connectivity index (χ0v) is 14.3. The summed E-state index contributed by atoms with van der Waals surface area (Å²) >= 11 is 0. The largest absolute Gasteiger partial charge is 0.484 e. The van der Waals surface area contributed by atoms with E-state index in [4.69, 9.17) is 4.74 Å². The molecule has 124 valence electrons. The van der Waals surface area contributed by atoms with Crippen molar-refractivity contribution in [1.82, 2.24) is 4.90 Å². The van der Waals surface area contributed by atoms with E-state index in [0.717, 1.165) is 49.9 Å². The Bertz CT molecular complexity index is 616. The number of hydrogen-bond donors (Lipinski definition) is 0. The van der Waals surface area contributed by atoms with Gasteiger partial charge in [-0.2, -0.15) is 0 Å². The predicted molar refractivity (Wildman–Crippen MR) is 95.8 cm³/mol. The highest BCUT2D eigenvalue weighted by atomic mass is 16.5. The summed E-state index contributed by atoms with van der Waals surface area (Å²) in [6, 6.07) is 14.1. The molecule has 3 nitrogen and oxygen atoms in total. The monoisotopic (exact) mass is 313 g/mol. The van der Waals surface area contributed by atoms with Gasteiger partial charge in [0.15, 0.2) is 6.61 Å². The molecular formula is C20H27NO2. The number of benzene rings is 2. The van der Waals surface area contributed by atoms with Crippen LogP contribution in [0.25, 0.3) is 10.8 Å². The number of carbonyl (C=O) groups is 1. The fourth-order valence-corrected chi connectivity index (χ4v) is 2.55. The lowest BCUT2D eigenvalue weighted by Gasteiger charge is -2.22. The second kappa shape index (κ2) is 9.19. The molecule has 0 radical (unpaired) electrons. The standard InChI is InChI=1S/C20H27NO2/c1-3-5-13-21(14-6-4-2)20(22)16-23-19-12-11-17-9-7-8-10-18(17)15-19/h7-12,15H,3-6,13-14,16H2,1-2H3. The molecule has 1 amide bonds. The molecule has 0 unspecified atom stereocenters. The minimum absolute atomic E-state index is 0.0834. The zero-order valence-electron chi connectivity index (χ0n) is 14.3. The molecule has 23 heavy (non-hydrogen) atoms. The second-order valence-corrected chi connectivity index (χ2v) is 5.89. The van der Waals surface area contributed by atoms with Gasteiger partial charge < -0.3 is 9.64 Å². The van der Waals surface area contributed by atoms with E-state index >= 15 is 0 Å². The van der Waals surface area contributed by atoms with E-state index in [1.54, 1.807) is 0 Å². The Morgan fingerprint density at radius 2 is 1.61 bits per heavy atom. The first-order valence-corrected chi connectivity index (χ1v) is 8.64. The number of rotatable bonds is 9. The molecule has 2 aromatic carbocycles. The van der Waals surface area contributed by atoms with Crippen molar-refractivity contribution in [1.29, 1.82) is 0 Å². The van der Waals surface area contributed by atoms with Crippen LogP contribution in [0.2, 0.25) is 0 Å². The molecule has 0 atom stereocenters. The van der Waals surface area contributed by atoms with Gasteiger partial charge in [-0.15, -0.1) is 0 Å². The molecule has 0 N–H and O–H groups in total. The smallest absolute Gasteiger partial charge is 0.260 e. The summed E-state index contributed by atoms with van der Waals surface area (Å²) in [5.74, 6) is 0.836. The number of nitrogens with zero attached hydrogens (tertiary/aromatic N) is 1. The van der Waals surface area contributed by atoms with E-state index in [-0.39, 0.29) is 12.5 Å². The van der Waals surface area contributed by atoms with Gasteiger partial charge in [-0.1, -0.05) is 57.0 Å². The highest BCUT2D eigenvalue weighted by Crippen LogP contribution is 2.20. The molecule has 0 saturated heterocycles. The van der Waals surface area contributed by atoms with Gasteiger partial charge in [-0.25, -0.2) is 0 Å². The number of ether oxygens (including phenoxy) is 1. The maximum Gasteiger partial charge on any atom is 0.260 e. The molecule has 2 rings (SSSR count). The van der Waals surface area contributed by atoms with Crippen LogP contribution in [0.4, 0.5) is 0 Å². The number of unbranched alkanes of at least 4 members (excludes halogenated alkanes) is 2. The van der Waals surface area contributed by atoms with E-state index in [9.17, 15) is 4.79 Å². The minimum Gasteiger partial charge on any atom is -0.484 e. The van der Waals surface area contributed by atoms with Crippen molar-refractivity contribution in [2.24, 2.45) is 0 Å². The van der Waals surface area contributed by atoms with Crippen molar-refractivity contribution in [3.05, 3.63) is 42.5 Å². The summed E-state index contributed by atoms with van der Waals surface area (Å²) < 4.78 is 5.73. The van der Waals surface area contributed by atoms with Gasteiger partial charge in [0.2, 0.25) is 0 Å². The van der Waals surface area contributed by atoms with Crippen molar-refractivity contribution >= 4 is 16.7 Å². The summed E-state index contributed by atoms with van der Waals surface area (Å²) in [5, 5.41) is 2.31. The summed E-state index contributed by atoms with van der Waals surface area (Å²) in [5.41, 5.74) is 0. The molecule has 0 heterocycles. The first-order chi connectivity index (χ1) is 11.2. The first kappa shape index (κ1) is 17.3. The molecule has 0 saturated carbocycles. The average molecular weight is 313 g/mol. The van der Waals surface area contributed by atoms with Crippen molar-refractivity contribution < 1.29 is 9.53 Å². The third-order valence-electron chi connectivity index (χ3n) is 4.00. The van der Waals surface area contributed by atoms with Crippen LogP contribution >= 0.6 is 0 Å². The molecule has 3 heteroatoms. The maximum atomic E-state index is 12.4. The van der Waals surface area contributed by atoms with Gasteiger partial charge in [0, 0.05) is 13.1 Å². The topological polar surface area (TPSA) is 29.5 Å². The fourth-order valence-electron chi connectivity index (χ4n) is 2.55. The molecule has 0 bridgehead atoms. The Balaban J connectivity index is 1.94. The Kier molecular flexibility index (Phi) is 6.92. The quantitative estimate of drug-likeness (QED) is 0.674. The van der Waals surface area contributed by atoms with Gasteiger partial charge in [0.25, 0.3) is 5.91 Å². The van der Waals surface area contributed by atoms with Crippen LogP contribution in [0.3, 0.4) is 0 Å². The van der Waals surface area contributed by atoms with Crippen molar-refractivity contribution in [2.75, 3.05) is 19.7 Å². The van der Waals surface area contributed by atoms with Gasteiger partial charge in [-0.05, 0) is 35.7 Å². The summed E-state index contributed by atoms with van der Waals surface area (Å²) in [4.78, 5) is 14.3. The Morgan fingerprint density at radius 3 is 2.26 bits per heavy atom. The van der Waals surface area contributed by atoms with Crippen LogP contribution in [0.1, 0.15) is 39.5 Å². The van der Waals surface area contributed by atoms with E-state index in [0.29, 0.717) is 0 Å². The van der Waals surface area contributed by atoms with Crippen LogP contribution in [0, 0.1) is 0 Å². The van der Waals surface area contributed by atoms with Crippen LogP contribution < -0.4 is 4.74 Å².